The summed E-state index contributed by atoms with van der Waals surface area (Å²) >= 11 is 1.91. The van der Waals surface area contributed by atoms with Crippen LogP contribution in [0.5, 0.6) is 0 Å². The highest BCUT2D eigenvalue weighted by atomic mass is 32.1. The van der Waals surface area contributed by atoms with Gasteiger partial charge in [-0.2, -0.15) is 0 Å². The summed E-state index contributed by atoms with van der Waals surface area (Å²) in [6.07, 6.45) is 0. The third-order valence-electron chi connectivity index (χ3n) is 12.2. The molecule has 58 heavy (non-hydrogen) atoms. The van der Waals surface area contributed by atoms with Crippen molar-refractivity contribution >= 4 is 96.9 Å². The molecule has 4 heterocycles. The number of hydrogen-bond acceptors (Lipinski definition) is 1. The van der Waals surface area contributed by atoms with Crippen LogP contribution in [0.2, 0.25) is 0 Å². The van der Waals surface area contributed by atoms with E-state index in [1.54, 1.807) is 0 Å². The largest absolute Gasteiger partial charge is 0.309 e. The van der Waals surface area contributed by atoms with Crippen molar-refractivity contribution in [1.82, 2.24) is 13.7 Å². The molecule has 0 fully saturated rings. The van der Waals surface area contributed by atoms with E-state index in [2.05, 4.69) is 214 Å². The number of fused-ring (bicyclic) bond motifs is 13. The maximum atomic E-state index is 2.49. The minimum Gasteiger partial charge on any atom is -0.309 e. The zero-order valence-corrected chi connectivity index (χ0v) is 32.1. The predicted octanol–water partition coefficient (Wildman–Crippen LogP) is 15.0. The summed E-state index contributed by atoms with van der Waals surface area (Å²) in [7, 11) is 0. The zero-order valence-electron chi connectivity index (χ0n) is 31.3. The lowest BCUT2D eigenvalue weighted by atomic mass is 10.0. The first-order valence-corrected chi connectivity index (χ1v) is 20.7. The molecule has 0 amide bonds. The smallest absolute Gasteiger partial charge is 0.0555 e. The lowest BCUT2D eigenvalue weighted by Gasteiger charge is -2.16. The summed E-state index contributed by atoms with van der Waals surface area (Å²) in [6, 6.07) is 73.6. The van der Waals surface area contributed by atoms with Crippen LogP contribution in [0.15, 0.2) is 200 Å². The van der Waals surface area contributed by atoms with Gasteiger partial charge in [-0.15, -0.1) is 11.3 Å². The van der Waals surface area contributed by atoms with Crippen LogP contribution < -0.4 is 0 Å². The second kappa shape index (κ2) is 12.1. The number of nitrogens with zero attached hydrogens (tertiary/aromatic N) is 3. The van der Waals surface area contributed by atoms with Crippen molar-refractivity contribution in [1.29, 1.82) is 0 Å². The number of thiophene rings is 1. The monoisotopic (exact) mass is 755 g/mol. The highest BCUT2D eigenvalue weighted by Gasteiger charge is 2.21. The Balaban J connectivity index is 1.08. The van der Waals surface area contributed by atoms with E-state index < -0.39 is 0 Å². The van der Waals surface area contributed by atoms with Crippen molar-refractivity contribution in [3.63, 3.8) is 0 Å². The first-order valence-electron chi connectivity index (χ1n) is 19.8. The van der Waals surface area contributed by atoms with E-state index in [4.69, 9.17) is 0 Å². The van der Waals surface area contributed by atoms with Gasteiger partial charge < -0.3 is 13.7 Å². The minimum absolute atomic E-state index is 1.14. The Morgan fingerprint density at radius 3 is 1.31 bits per heavy atom. The molecule has 0 aliphatic carbocycles. The Kier molecular flexibility index (Phi) is 6.60. The summed E-state index contributed by atoms with van der Waals surface area (Å²) in [5.41, 5.74) is 13.1. The second-order valence-corrected chi connectivity index (χ2v) is 16.4. The van der Waals surface area contributed by atoms with E-state index >= 15 is 0 Å². The number of hydrogen-bond donors (Lipinski definition) is 0. The van der Waals surface area contributed by atoms with Crippen LogP contribution in [0.1, 0.15) is 0 Å². The molecule has 0 aliphatic heterocycles. The molecule has 9 aromatic carbocycles. The van der Waals surface area contributed by atoms with Gasteiger partial charge in [0.15, 0.2) is 0 Å². The number of benzene rings is 9. The highest BCUT2D eigenvalue weighted by Crippen LogP contribution is 2.45. The predicted molar refractivity (Wildman–Crippen MR) is 248 cm³/mol. The molecule has 3 nitrogen and oxygen atoms in total. The van der Waals surface area contributed by atoms with Gasteiger partial charge in [-0.25, -0.2) is 0 Å². The normalized spacial score (nSPS) is 12.1. The Hall–Kier alpha value is -7.40. The Labute approximate surface area is 337 Å². The maximum Gasteiger partial charge on any atom is 0.0555 e. The van der Waals surface area contributed by atoms with Gasteiger partial charge in [0.1, 0.15) is 0 Å². The van der Waals surface area contributed by atoms with Gasteiger partial charge in [-0.3, -0.25) is 0 Å². The molecule has 0 saturated heterocycles. The summed E-state index contributed by atoms with van der Waals surface area (Å²) in [4.78, 5) is 0. The molecule has 0 radical (unpaired) electrons. The quantitative estimate of drug-likeness (QED) is 0.170. The van der Waals surface area contributed by atoms with Crippen molar-refractivity contribution < 1.29 is 0 Å². The van der Waals surface area contributed by atoms with Gasteiger partial charge in [0.05, 0.1) is 33.1 Å². The van der Waals surface area contributed by atoms with Crippen molar-refractivity contribution in [3.05, 3.63) is 200 Å². The van der Waals surface area contributed by atoms with E-state index in [-0.39, 0.29) is 0 Å². The fourth-order valence-electron chi connectivity index (χ4n) is 9.74. The minimum atomic E-state index is 1.14. The molecule has 0 unspecified atom stereocenters. The molecule has 0 N–H and O–H groups in total. The van der Waals surface area contributed by atoms with Gasteiger partial charge in [0.2, 0.25) is 0 Å². The average molecular weight is 756 g/mol. The Morgan fingerprint density at radius 1 is 0.276 bits per heavy atom. The zero-order chi connectivity index (χ0) is 37.9. The van der Waals surface area contributed by atoms with Gasteiger partial charge in [-0.1, -0.05) is 127 Å². The van der Waals surface area contributed by atoms with Crippen molar-refractivity contribution in [3.8, 4) is 28.2 Å². The van der Waals surface area contributed by atoms with Crippen molar-refractivity contribution in [2.75, 3.05) is 0 Å². The van der Waals surface area contributed by atoms with Gasteiger partial charge >= 0.3 is 0 Å². The molecule has 0 atom stereocenters. The van der Waals surface area contributed by atoms with E-state index in [0.717, 1.165) is 11.4 Å². The fraction of sp³-hybridized carbons (Fsp3) is 0. The Morgan fingerprint density at radius 2 is 0.741 bits per heavy atom. The van der Waals surface area contributed by atoms with Crippen LogP contribution in [0.3, 0.4) is 0 Å². The molecular weight excluding hydrogens is 723 g/mol. The summed E-state index contributed by atoms with van der Waals surface area (Å²) in [5, 5.41) is 10.2. The molecule has 4 aromatic heterocycles. The SMILES string of the molecule is c1ccc(-c2cc(-n3c4ccccc4c4ccccc43)cc(-n3c4ccccc4c4c5sc6ccc(-n7c8ccccc8c8ccccc87)cc6c5ccc43)c2)cc1. The lowest BCUT2D eigenvalue weighted by molar-refractivity contribution is 1.13. The third kappa shape index (κ3) is 4.43. The van der Waals surface area contributed by atoms with Crippen LogP contribution >= 0.6 is 11.3 Å². The van der Waals surface area contributed by atoms with Crippen LogP contribution in [-0.4, -0.2) is 13.7 Å². The van der Waals surface area contributed by atoms with E-state index in [1.807, 2.05) is 11.3 Å². The summed E-state index contributed by atoms with van der Waals surface area (Å²) in [5.74, 6) is 0. The molecule has 0 aliphatic rings. The lowest BCUT2D eigenvalue weighted by Crippen LogP contribution is -2.00. The van der Waals surface area contributed by atoms with E-state index in [0.29, 0.717) is 0 Å². The highest BCUT2D eigenvalue weighted by molar-refractivity contribution is 7.26. The standard InChI is InChI=1S/C54H33N3S/c1-2-14-34(15-3-1)35-30-37(56-48-23-11-6-18-41(48)42-19-7-12-24-49(42)56)32-38(31-35)57-50-25-13-8-20-44(50)53-51(57)28-27-43-45-33-36(26-29-52(45)58-54(43)53)55-46-21-9-4-16-39(46)40-17-5-10-22-47(40)55/h1-33H. The molecular formula is C54H33N3S. The molecule has 0 bridgehead atoms. The average Bonchev–Trinajstić information content (AvgIpc) is 4.03. The summed E-state index contributed by atoms with van der Waals surface area (Å²) in [6.45, 7) is 0. The van der Waals surface area contributed by atoms with Gasteiger partial charge in [0.25, 0.3) is 0 Å². The van der Waals surface area contributed by atoms with Gasteiger partial charge in [0, 0.05) is 69.6 Å². The topological polar surface area (TPSA) is 14.8 Å². The fourth-order valence-corrected chi connectivity index (χ4v) is 11.0. The molecule has 13 aromatic rings. The first kappa shape index (κ1) is 31.8. The van der Waals surface area contributed by atoms with Crippen LogP contribution in [0.25, 0.3) is 114 Å². The van der Waals surface area contributed by atoms with Crippen molar-refractivity contribution in [2.45, 2.75) is 0 Å². The first-order chi connectivity index (χ1) is 28.8. The van der Waals surface area contributed by atoms with Crippen molar-refractivity contribution in [2.24, 2.45) is 0 Å². The molecule has 0 spiro atoms. The summed E-state index contributed by atoms with van der Waals surface area (Å²) < 4.78 is 9.97. The molecule has 270 valence electrons. The van der Waals surface area contributed by atoms with Gasteiger partial charge in [-0.05, 0) is 83.9 Å². The number of rotatable bonds is 4. The van der Waals surface area contributed by atoms with Crippen LogP contribution in [-0.2, 0) is 0 Å². The van der Waals surface area contributed by atoms with E-state index in [9.17, 15) is 0 Å². The van der Waals surface area contributed by atoms with Crippen LogP contribution in [0, 0.1) is 0 Å². The van der Waals surface area contributed by atoms with E-state index in [1.165, 1.54) is 102 Å². The Bertz CT molecular complexity index is 3690. The second-order valence-electron chi connectivity index (χ2n) is 15.3. The molecule has 0 saturated carbocycles. The number of aromatic nitrogens is 3. The molecule has 13 rings (SSSR count). The number of para-hydroxylation sites is 5. The maximum absolute atomic E-state index is 2.49. The van der Waals surface area contributed by atoms with Crippen LogP contribution in [0.4, 0.5) is 0 Å². The molecule has 4 heteroatoms. The third-order valence-corrected chi connectivity index (χ3v) is 13.4.